The maximum Gasteiger partial charge on any atom is 0.341 e. The third-order valence-electron chi connectivity index (χ3n) is 2.80. The largest absolute Gasteiger partial charge is 0.461 e. The molecule has 0 saturated carbocycles. The number of carbonyl (C=O) groups excluding carboxylic acids is 1. The molecule has 0 fully saturated rings. The molecule has 4 nitrogen and oxygen atoms in total. The van der Waals surface area contributed by atoms with Crippen LogP contribution in [0.1, 0.15) is 24.2 Å². The van der Waals surface area contributed by atoms with Crippen molar-refractivity contribution in [2.24, 2.45) is 0 Å². The van der Waals surface area contributed by atoms with Gasteiger partial charge in [0, 0.05) is 12.2 Å². The van der Waals surface area contributed by atoms with E-state index in [4.69, 9.17) is 33.7 Å². The summed E-state index contributed by atoms with van der Waals surface area (Å²) in [5.41, 5.74) is 6.15. The molecule has 0 aromatic heterocycles. The van der Waals surface area contributed by atoms with Gasteiger partial charge in [0.25, 0.3) is 0 Å². The highest BCUT2D eigenvalue weighted by molar-refractivity contribution is 6.39. The lowest BCUT2D eigenvalue weighted by Gasteiger charge is -2.17. The number of hydrogen-bond acceptors (Lipinski definition) is 4. The topological polar surface area (TPSA) is 55.6 Å². The first-order valence-electron chi connectivity index (χ1n) is 6.13. The van der Waals surface area contributed by atoms with Gasteiger partial charge in [0.2, 0.25) is 0 Å². The molecule has 1 aromatic carbocycles. The van der Waals surface area contributed by atoms with Crippen molar-refractivity contribution in [3.8, 4) is 0 Å². The Morgan fingerprint density at radius 1 is 1.26 bits per heavy atom. The lowest BCUT2D eigenvalue weighted by atomic mass is 10.2. The van der Waals surface area contributed by atoms with Gasteiger partial charge in [-0.15, -0.1) is 0 Å². The van der Waals surface area contributed by atoms with Crippen LogP contribution < -0.4 is 5.73 Å². The van der Waals surface area contributed by atoms with Crippen LogP contribution >= 0.6 is 23.2 Å². The van der Waals surface area contributed by atoms with Crippen molar-refractivity contribution >= 4 is 34.9 Å². The summed E-state index contributed by atoms with van der Waals surface area (Å²) in [6.07, 6.45) is 0. The molecule has 0 aliphatic heterocycles. The first kappa shape index (κ1) is 16.1. The quantitative estimate of drug-likeness (QED) is 0.648. The summed E-state index contributed by atoms with van der Waals surface area (Å²) < 4.78 is 5.17. The van der Waals surface area contributed by atoms with E-state index in [1.807, 2.05) is 0 Å². The molecule has 0 radical (unpaired) electrons. The number of anilines is 1. The van der Waals surface area contributed by atoms with Crippen molar-refractivity contribution in [3.63, 3.8) is 0 Å². The van der Waals surface area contributed by atoms with Crippen LogP contribution in [-0.2, 0) is 4.74 Å². The third kappa shape index (κ3) is 4.56. The standard InChI is InChI=1S/C13H18Cl2N2O2/c1-3-17(4-2)5-6-19-13(18)12-10(14)7-9(16)8-11(12)15/h7-8H,3-6,16H2,1-2H3. The number of rotatable bonds is 6. The number of benzene rings is 1. The SMILES string of the molecule is CCN(CC)CCOC(=O)c1c(Cl)cc(N)cc1Cl. The average Bonchev–Trinajstić information content (AvgIpc) is 2.33. The zero-order valence-corrected chi connectivity index (χ0v) is 12.6. The van der Waals surface area contributed by atoms with Crippen molar-refractivity contribution in [2.75, 3.05) is 32.0 Å². The van der Waals surface area contributed by atoms with Gasteiger partial charge in [-0.1, -0.05) is 37.0 Å². The van der Waals surface area contributed by atoms with Crippen molar-refractivity contribution < 1.29 is 9.53 Å². The molecular formula is C13H18Cl2N2O2. The van der Waals surface area contributed by atoms with Crippen LogP contribution in [-0.4, -0.2) is 37.1 Å². The second-order valence-corrected chi connectivity index (χ2v) is 4.84. The van der Waals surface area contributed by atoms with Crippen molar-refractivity contribution in [3.05, 3.63) is 27.7 Å². The summed E-state index contributed by atoms with van der Waals surface area (Å²) in [5, 5.41) is 0.413. The Balaban J connectivity index is 2.64. The maximum absolute atomic E-state index is 11.9. The van der Waals surface area contributed by atoms with Gasteiger partial charge in [-0.2, -0.15) is 0 Å². The first-order valence-corrected chi connectivity index (χ1v) is 6.89. The third-order valence-corrected chi connectivity index (χ3v) is 3.40. The molecule has 0 unspecified atom stereocenters. The van der Waals surface area contributed by atoms with Gasteiger partial charge in [0.15, 0.2) is 0 Å². The van der Waals surface area contributed by atoms with Crippen LogP contribution in [0.15, 0.2) is 12.1 Å². The van der Waals surface area contributed by atoms with Crippen molar-refractivity contribution in [2.45, 2.75) is 13.8 Å². The van der Waals surface area contributed by atoms with Gasteiger partial charge in [-0.3, -0.25) is 0 Å². The number of nitrogens with zero attached hydrogens (tertiary/aromatic N) is 1. The molecule has 1 aromatic rings. The Bertz CT molecular complexity index is 425. The minimum atomic E-state index is -0.526. The molecule has 2 N–H and O–H groups in total. The van der Waals surface area contributed by atoms with Crippen molar-refractivity contribution in [1.82, 2.24) is 4.90 Å². The molecule has 106 valence electrons. The van der Waals surface area contributed by atoms with E-state index in [9.17, 15) is 4.79 Å². The van der Waals surface area contributed by atoms with Crippen LogP contribution in [0.4, 0.5) is 5.69 Å². The fourth-order valence-electron chi connectivity index (χ4n) is 1.67. The van der Waals surface area contributed by atoms with E-state index in [1.165, 1.54) is 12.1 Å². The number of esters is 1. The molecule has 1 rings (SSSR count). The number of likely N-dealkylation sites (N-methyl/N-ethyl adjacent to an activating group) is 1. The van der Waals surface area contributed by atoms with Gasteiger partial charge >= 0.3 is 5.97 Å². The number of halogens is 2. The van der Waals surface area contributed by atoms with E-state index in [2.05, 4.69) is 18.7 Å². The molecule has 19 heavy (non-hydrogen) atoms. The van der Waals surface area contributed by atoms with Gasteiger partial charge < -0.3 is 15.4 Å². The zero-order chi connectivity index (χ0) is 14.4. The van der Waals surface area contributed by atoms with Crippen LogP contribution in [0.3, 0.4) is 0 Å². The fraction of sp³-hybridized carbons (Fsp3) is 0.462. The molecule has 0 bridgehead atoms. The smallest absolute Gasteiger partial charge is 0.341 e. The molecule has 0 atom stereocenters. The molecule has 0 aliphatic carbocycles. The molecule has 0 heterocycles. The van der Waals surface area contributed by atoms with Crippen LogP contribution in [0.5, 0.6) is 0 Å². The fourth-order valence-corrected chi connectivity index (χ4v) is 2.33. The normalized spacial score (nSPS) is 10.8. The minimum Gasteiger partial charge on any atom is -0.461 e. The Morgan fingerprint density at radius 3 is 2.26 bits per heavy atom. The van der Waals surface area contributed by atoms with Gasteiger partial charge in [0.1, 0.15) is 6.61 Å². The summed E-state index contributed by atoms with van der Waals surface area (Å²) in [6.45, 7) is 6.92. The lowest BCUT2D eigenvalue weighted by molar-refractivity contribution is 0.0467. The Morgan fingerprint density at radius 2 is 1.79 bits per heavy atom. The van der Waals surface area contributed by atoms with E-state index in [-0.39, 0.29) is 15.6 Å². The number of nitrogens with two attached hydrogens (primary N) is 1. The summed E-state index contributed by atoms with van der Waals surface area (Å²) in [5.74, 6) is -0.526. The summed E-state index contributed by atoms with van der Waals surface area (Å²) in [6, 6.07) is 2.96. The van der Waals surface area contributed by atoms with E-state index >= 15 is 0 Å². The van der Waals surface area contributed by atoms with E-state index in [0.29, 0.717) is 18.8 Å². The predicted molar refractivity (Wildman–Crippen MR) is 78.9 cm³/mol. The first-order chi connectivity index (χ1) is 8.99. The zero-order valence-electron chi connectivity index (χ0n) is 11.1. The monoisotopic (exact) mass is 304 g/mol. The molecule has 0 saturated heterocycles. The molecule has 0 amide bonds. The van der Waals surface area contributed by atoms with Crippen LogP contribution in [0.25, 0.3) is 0 Å². The molecule has 0 aliphatic rings. The van der Waals surface area contributed by atoms with E-state index in [1.54, 1.807) is 0 Å². The summed E-state index contributed by atoms with van der Waals surface area (Å²) in [4.78, 5) is 14.1. The second kappa shape index (κ2) is 7.58. The number of nitrogen functional groups attached to an aromatic ring is 1. The van der Waals surface area contributed by atoms with Gasteiger partial charge in [0.05, 0.1) is 15.6 Å². The molecule has 0 spiro atoms. The predicted octanol–water partition coefficient (Wildman–Crippen LogP) is 3.07. The Hall–Kier alpha value is -0.970. The molecule has 6 heteroatoms. The van der Waals surface area contributed by atoms with Crippen LogP contribution in [0, 0.1) is 0 Å². The summed E-state index contributed by atoms with van der Waals surface area (Å²) in [7, 11) is 0. The number of hydrogen-bond donors (Lipinski definition) is 1. The Kier molecular flexibility index (Phi) is 6.42. The maximum atomic E-state index is 11.9. The number of carbonyl (C=O) groups is 1. The van der Waals surface area contributed by atoms with E-state index < -0.39 is 5.97 Å². The lowest BCUT2D eigenvalue weighted by Crippen LogP contribution is -2.28. The van der Waals surface area contributed by atoms with Gasteiger partial charge in [-0.25, -0.2) is 4.79 Å². The minimum absolute atomic E-state index is 0.164. The second-order valence-electron chi connectivity index (χ2n) is 4.02. The van der Waals surface area contributed by atoms with Gasteiger partial charge in [-0.05, 0) is 25.2 Å². The van der Waals surface area contributed by atoms with Crippen molar-refractivity contribution in [1.29, 1.82) is 0 Å². The molecular weight excluding hydrogens is 287 g/mol. The average molecular weight is 305 g/mol. The Labute approximate surface area is 123 Å². The van der Waals surface area contributed by atoms with Crippen LogP contribution in [0.2, 0.25) is 10.0 Å². The highest BCUT2D eigenvalue weighted by atomic mass is 35.5. The van der Waals surface area contributed by atoms with E-state index in [0.717, 1.165) is 13.1 Å². The highest BCUT2D eigenvalue weighted by Gasteiger charge is 2.17. The highest BCUT2D eigenvalue weighted by Crippen LogP contribution is 2.28. The summed E-state index contributed by atoms with van der Waals surface area (Å²) >= 11 is 11.9. The number of ether oxygens (including phenoxy) is 1.